The van der Waals surface area contributed by atoms with Crippen molar-refractivity contribution in [2.45, 2.75) is 45.2 Å². The highest BCUT2D eigenvalue weighted by molar-refractivity contribution is 5.97. The van der Waals surface area contributed by atoms with E-state index in [1.54, 1.807) is 47.0 Å². The first-order valence-electron chi connectivity index (χ1n) is 10.9. The Morgan fingerprint density at radius 3 is 2.70 bits per heavy atom. The second-order valence-corrected chi connectivity index (χ2v) is 8.65. The average Bonchev–Trinajstić information content (AvgIpc) is 3.32. The minimum atomic E-state index is -1.48. The van der Waals surface area contributed by atoms with Crippen LogP contribution in [0.5, 0.6) is 5.75 Å². The summed E-state index contributed by atoms with van der Waals surface area (Å²) in [4.78, 5) is 26.1. The van der Waals surface area contributed by atoms with E-state index in [2.05, 4.69) is 5.32 Å². The van der Waals surface area contributed by atoms with E-state index >= 15 is 0 Å². The number of hydrogen-bond acceptors (Lipinski definition) is 5. The number of aliphatic hydroxyl groups is 1. The number of benzene rings is 2. The molecule has 0 spiro atoms. The summed E-state index contributed by atoms with van der Waals surface area (Å²) in [6.07, 6.45) is -1.02. The van der Waals surface area contributed by atoms with Gasteiger partial charge in [0.15, 0.2) is 0 Å². The number of alkyl halides is 1. The molecule has 176 valence electrons. The van der Waals surface area contributed by atoms with Gasteiger partial charge in [0.25, 0.3) is 5.91 Å². The zero-order valence-electron chi connectivity index (χ0n) is 18.9. The lowest BCUT2D eigenvalue weighted by Crippen LogP contribution is -2.43. The van der Waals surface area contributed by atoms with Gasteiger partial charge in [-0.15, -0.1) is 0 Å². The standard InChI is InChI=1S/C24H28FN3O5/c1-15(2)27-21-11-17(22(29)26-13-24(31)9-10-32-14-24)7-8-20(21)28(23(27)30)18-5-4-6-19(12-18)33-16(3)25/h4-8,11-12,15-16,31H,9-10,13-14H2,1-3H3,(H,26,29). The predicted octanol–water partition coefficient (Wildman–Crippen LogP) is 2.95. The molecule has 0 aliphatic carbocycles. The lowest BCUT2D eigenvalue weighted by Gasteiger charge is -2.20. The van der Waals surface area contributed by atoms with Crippen LogP contribution >= 0.6 is 0 Å². The largest absolute Gasteiger partial charge is 0.461 e. The number of carbonyl (C=O) groups excluding carboxylic acids is 1. The van der Waals surface area contributed by atoms with Crippen molar-refractivity contribution in [2.24, 2.45) is 0 Å². The number of ether oxygens (including phenoxy) is 2. The minimum absolute atomic E-state index is 0.0850. The number of carbonyl (C=O) groups is 1. The molecule has 0 radical (unpaired) electrons. The van der Waals surface area contributed by atoms with Gasteiger partial charge in [-0.05, 0) is 44.2 Å². The fourth-order valence-corrected chi connectivity index (χ4v) is 4.08. The van der Waals surface area contributed by atoms with Crippen molar-refractivity contribution in [2.75, 3.05) is 19.8 Å². The maximum absolute atomic E-state index is 13.4. The van der Waals surface area contributed by atoms with E-state index in [-0.39, 0.29) is 30.8 Å². The number of fused-ring (bicyclic) bond motifs is 1. The van der Waals surface area contributed by atoms with Gasteiger partial charge in [0.05, 0.1) is 23.3 Å². The quantitative estimate of drug-likeness (QED) is 0.569. The monoisotopic (exact) mass is 457 g/mol. The maximum atomic E-state index is 13.4. The smallest absolute Gasteiger partial charge is 0.333 e. The number of nitrogens with one attached hydrogen (secondary N) is 1. The molecule has 1 saturated heterocycles. The normalized spacial score (nSPS) is 19.2. The minimum Gasteiger partial charge on any atom is -0.461 e. The molecule has 4 rings (SSSR count). The molecule has 33 heavy (non-hydrogen) atoms. The summed E-state index contributed by atoms with van der Waals surface area (Å²) in [5, 5.41) is 13.2. The van der Waals surface area contributed by atoms with Gasteiger partial charge in [0.1, 0.15) is 11.4 Å². The highest BCUT2D eigenvalue weighted by atomic mass is 19.1. The van der Waals surface area contributed by atoms with E-state index in [1.807, 2.05) is 13.8 Å². The number of amides is 1. The zero-order valence-corrected chi connectivity index (χ0v) is 18.9. The molecule has 1 aliphatic rings. The van der Waals surface area contributed by atoms with Crippen molar-refractivity contribution in [1.29, 1.82) is 0 Å². The van der Waals surface area contributed by atoms with E-state index in [0.29, 0.717) is 41.1 Å². The Kier molecular flexibility index (Phi) is 6.27. The molecule has 9 heteroatoms. The molecule has 2 heterocycles. The average molecular weight is 458 g/mol. The Morgan fingerprint density at radius 2 is 2.03 bits per heavy atom. The van der Waals surface area contributed by atoms with Gasteiger partial charge in [-0.1, -0.05) is 6.07 Å². The van der Waals surface area contributed by atoms with Crippen LogP contribution in [0.1, 0.15) is 43.6 Å². The number of hydrogen-bond donors (Lipinski definition) is 2. The fraction of sp³-hybridized carbons (Fsp3) is 0.417. The second kappa shape index (κ2) is 8.99. The first-order chi connectivity index (χ1) is 15.7. The SMILES string of the molecule is CC(F)Oc1cccc(-n2c(=O)n(C(C)C)c3cc(C(=O)NCC4(O)CCOC4)ccc32)c1. The Morgan fingerprint density at radius 1 is 1.24 bits per heavy atom. The predicted molar refractivity (Wildman–Crippen MR) is 122 cm³/mol. The van der Waals surface area contributed by atoms with Crippen LogP contribution in [0.2, 0.25) is 0 Å². The third-order valence-corrected chi connectivity index (χ3v) is 5.69. The van der Waals surface area contributed by atoms with E-state index in [4.69, 9.17) is 9.47 Å². The van der Waals surface area contributed by atoms with Crippen molar-refractivity contribution < 1.29 is 23.8 Å². The molecule has 1 aromatic heterocycles. The topological polar surface area (TPSA) is 94.7 Å². The highest BCUT2D eigenvalue weighted by Crippen LogP contribution is 2.25. The molecule has 2 atom stereocenters. The molecule has 1 fully saturated rings. The van der Waals surface area contributed by atoms with Crippen LogP contribution in [0.25, 0.3) is 16.7 Å². The van der Waals surface area contributed by atoms with Gasteiger partial charge in [-0.25, -0.2) is 9.18 Å². The van der Waals surface area contributed by atoms with Gasteiger partial charge >= 0.3 is 5.69 Å². The summed E-state index contributed by atoms with van der Waals surface area (Å²) in [5.41, 5.74) is 0.769. The molecule has 1 aliphatic heterocycles. The van der Waals surface area contributed by atoms with Gasteiger partial charge < -0.3 is 19.9 Å². The van der Waals surface area contributed by atoms with Crippen LogP contribution in [0, 0.1) is 0 Å². The van der Waals surface area contributed by atoms with Crippen LogP contribution in [-0.4, -0.2) is 51.9 Å². The third-order valence-electron chi connectivity index (χ3n) is 5.69. The molecule has 2 unspecified atom stereocenters. The van der Waals surface area contributed by atoms with E-state index in [0.717, 1.165) is 0 Å². The maximum Gasteiger partial charge on any atom is 0.333 e. The van der Waals surface area contributed by atoms with E-state index in [9.17, 15) is 19.1 Å². The molecule has 3 aromatic rings. The van der Waals surface area contributed by atoms with E-state index < -0.39 is 12.0 Å². The van der Waals surface area contributed by atoms with Crippen LogP contribution in [-0.2, 0) is 4.74 Å². The van der Waals surface area contributed by atoms with Gasteiger partial charge in [0, 0.05) is 44.2 Å². The lowest BCUT2D eigenvalue weighted by atomic mass is 10.0. The summed E-state index contributed by atoms with van der Waals surface area (Å²) in [6, 6.07) is 11.5. The van der Waals surface area contributed by atoms with Gasteiger partial charge in [0.2, 0.25) is 6.36 Å². The summed E-state index contributed by atoms with van der Waals surface area (Å²) in [5.74, 6) is -0.0373. The number of aromatic nitrogens is 2. The van der Waals surface area contributed by atoms with E-state index in [1.165, 1.54) is 11.5 Å². The molecule has 1 amide bonds. The molecule has 2 N–H and O–H groups in total. The molecule has 2 aromatic carbocycles. The second-order valence-electron chi connectivity index (χ2n) is 8.65. The lowest BCUT2D eigenvalue weighted by molar-refractivity contribution is 0.0264. The number of rotatable bonds is 7. The van der Waals surface area contributed by atoms with Crippen molar-refractivity contribution >= 4 is 16.9 Å². The van der Waals surface area contributed by atoms with Crippen molar-refractivity contribution in [3.05, 3.63) is 58.5 Å². The summed E-state index contributed by atoms with van der Waals surface area (Å²) >= 11 is 0. The van der Waals surface area contributed by atoms with Crippen molar-refractivity contribution in [3.63, 3.8) is 0 Å². The molecular weight excluding hydrogens is 429 g/mol. The fourth-order valence-electron chi connectivity index (χ4n) is 4.08. The third kappa shape index (κ3) is 4.65. The Labute approximate surface area is 190 Å². The number of halogens is 1. The van der Waals surface area contributed by atoms with Crippen LogP contribution < -0.4 is 15.7 Å². The first-order valence-corrected chi connectivity index (χ1v) is 10.9. The summed E-state index contributed by atoms with van der Waals surface area (Å²) in [6.45, 7) is 5.79. The van der Waals surface area contributed by atoms with Gasteiger partial charge in [-0.2, -0.15) is 0 Å². The number of imidazole rings is 1. The molecule has 8 nitrogen and oxygen atoms in total. The van der Waals surface area contributed by atoms with Crippen LogP contribution in [0.15, 0.2) is 47.3 Å². The summed E-state index contributed by atoms with van der Waals surface area (Å²) < 4.78 is 26.8. The van der Waals surface area contributed by atoms with Crippen molar-refractivity contribution in [1.82, 2.24) is 14.5 Å². The highest BCUT2D eigenvalue weighted by Gasteiger charge is 2.32. The molecule has 0 bridgehead atoms. The Hall–Kier alpha value is -3.17. The number of nitrogens with zero attached hydrogens (tertiary/aromatic N) is 2. The zero-order chi connectivity index (χ0) is 23.8. The molecular formula is C24H28FN3O5. The van der Waals surface area contributed by atoms with Gasteiger partial charge in [-0.3, -0.25) is 13.9 Å². The van der Waals surface area contributed by atoms with Crippen LogP contribution in [0.4, 0.5) is 4.39 Å². The Bertz CT molecular complexity index is 1220. The Balaban J connectivity index is 1.73. The molecule has 0 saturated carbocycles. The van der Waals surface area contributed by atoms with Crippen LogP contribution in [0.3, 0.4) is 0 Å². The first kappa shape index (κ1) is 23.0. The summed E-state index contributed by atoms with van der Waals surface area (Å²) in [7, 11) is 0. The van der Waals surface area contributed by atoms with Crippen molar-refractivity contribution in [3.8, 4) is 11.4 Å².